The number of hydrogen-bond acceptors (Lipinski definition) is 7. The predicted octanol–water partition coefficient (Wildman–Crippen LogP) is 3.79. The van der Waals surface area contributed by atoms with Crippen molar-refractivity contribution in [2.45, 2.75) is 63.1 Å². The number of hydrogen-bond donors (Lipinski definition) is 1. The first-order valence-corrected chi connectivity index (χ1v) is 12.9. The number of ether oxygens (including phenoxy) is 1. The first-order valence-electron chi connectivity index (χ1n) is 11.4. The summed E-state index contributed by atoms with van der Waals surface area (Å²) in [6, 6.07) is 8.44. The van der Waals surface area contributed by atoms with Gasteiger partial charge in [-0.15, -0.1) is 0 Å². The van der Waals surface area contributed by atoms with E-state index in [1.807, 2.05) is 32.6 Å². The monoisotopic (exact) mass is 483 g/mol. The third-order valence-electron chi connectivity index (χ3n) is 6.46. The fraction of sp³-hybridized carbons (Fsp3) is 0.458. The number of fused-ring (bicyclic) bond motifs is 3. The molecule has 10 heteroatoms. The van der Waals surface area contributed by atoms with Gasteiger partial charge in [-0.05, 0) is 64.7 Å². The lowest BCUT2D eigenvalue weighted by Crippen LogP contribution is -2.49. The van der Waals surface area contributed by atoms with Gasteiger partial charge in [-0.1, -0.05) is 17.7 Å². The molecule has 3 aromatic rings. The lowest BCUT2D eigenvalue weighted by Gasteiger charge is -2.35. The van der Waals surface area contributed by atoms with Gasteiger partial charge in [-0.25, -0.2) is 27.2 Å². The van der Waals surface area contributed by atoms with E-state index in [9.17, 15) is 13.2 Å². The lowest BCUT2D eigenvalue weighted by molar-refractivity contribution is 0.0179. The lowest BCUT2D eigenvalue weighted by atomic mass is 10.1. The van der Waals surface area contributed by atoms with Gasteiger partial charge in [-0.2, -0.15) is 0 Å². The molecule has 1 amide bonds. The van der Waals surface area contributed by atoms with E-state index in [2.05, 4.69) is 15.3 Å². The Morgan fingerprint density at radius 1 is 1.12 bits per heavy atom. The largest absolute Gasteiger partial charge is 0.444 e. The zero-order valence-corrected chi connectivity index (χ0v) is 20.5. The van der Waals surface area contributed by atoms with Crippen molar-refractivity contribution in [3.8, 4) is 0 Å². The molecule has 34 heavy (non-hydrogen) atoms. The van der Waals surface area contributed by atoms with Crippen LogP contribution in [0.1, 0.15) is 39.2 Å². The van der Waals surface area contributed by atoms with Crippen molar-refractivity contribution in [1.82, 2.24) is 18.8 Å². The average molecular weight is 484 g/mol. The van der Waals surface area contributed by atoms with Crippen molar-refractivity contribution in [1.29, 1.82) is 0 Å². The Bertz CT molecular complexity index is 1340. The smallest absolute Gasteiger partial charge is 0.410 e. The van der Waals surface area contributed by atoms with Crippen LogP contribution in [0.25, 0.3) is 11.0 Å². The first kappa shape index (κ1) is 22.6. The van der Waals surface area contributed by atoms with Crippen molar-refractivity contribution in [3.63, 3.8) is 0 Å². The molecule has 1 aromatic carbocycles. The number of nitrogens with zero attached hydrogens (tertiary/aromatic N) is 4. The molecule has 1 saturated carbocycles. The number of carbonyl (C=O) groups is 1. The summed E-state index contributed by atoms with van der Waals surface area (Å²) in [5.74, 6) is 0.961. The SMILES string of the molecule is Cc1ccc(S(=O)(=O)n2ccc3c(N[C@H]4C[C@H]5C[C@H]4N(C(=O)OC(C)(C)C)C5)ncnc32)cc1. The van der Waals surface area contributed by atoms with Gasteiger partial charge in [0.2, 0.25) is 0 Å². The number of anilines is 1. The first-order chi connectivity index (χ1) is 16.0. The number of benzene rings is 1. The van der Waals surface area contributed by atoms with Crippen molar-refractivity contribution < 1.29 is 17.9 Å². The summed E-state index contributed by atoms with van der Waals surface area (Å²) < 4.78 is 33.3. The molecule has 1 N–H and O–H groups in total. The summed E-state index contributed by atoms with van der Waals surface area (Å²) in [5.41, 5.74) is 0.744. The van der Waals surface area contributed by atoms with Gasteiger partial charge in [0.1, 0.15) is 17.7 Å². The molecule has 2 fully saturated rings. The van der Waals surface area contributed by atoms with Crippen LogP contribution in [0.3, 0.4) is 0 Å². The van der Waals surface area contributed by atoms with E-state index in [1.54, 1.807) is 30.3 Å². The van der Waals surface area contributed by atoms with Gasteiger partial charge < -0.3 is 15.0 Å². The van der Waals surface area contributed by atoms with Crippen LogP contribution in [0, 0.1) is 12.8 Å². The Morgan fingerprint density at radius 3 is 2.53 bits per heavy atom. The van der Waals surface area contributed by atoms with Gasteiger partial charge in [0, 0.05) is 18.8 Å². The minimum atomic E-state index is -3.80. The number of likely N-dealkylation sites (tertiary alicyclic amines) is 1. The van der Waals surface area contributed by atoms with Gasteiger partial charge in [0.05, 0.1) is 16.3 Å². The van der Waals surface area contributed by atoms with Gasteiger partial charge in [0.15, 0.2) is 5.65 Å². The minimum Gasteiger partial charge on any atom is -0.444 e. The molecule has 1 aliphatic heterocycles. The molecule has 180 valence electrons. The Kier molecular flexibility index (Phi) is 5.31. The highest BCUT2D eigenvalue weighted by Crippen LogP contribution is 2.40. The highest BCUT2D eigenvalue weighted by Gasteiger charge is 2.48. The fourth-order valence-electron chi connectivity index (χ4n) is 4.95. The maximum Gasteiger partial charge on any atom is 0.410 e. The third kappa shape index (κ3) is 4.00. The van der Waals surface area contributed by atoms with Crippen molar-refractivity contribution >= 4 is 33.0 Å². The molecule has 3 heterocycles. The summed E-state index contributed by atoms with van der Waals surface area (Å²) in [7, 11) is -3.80. The molecule has 0 spiro atoms. The molecule has 9 nitrogen and oxygen atoms in total. The normalized spacial score (nSPS) is 22.4. The van der Waals surface area contributed by atoms with E-state index in [0.717, 1.165) is 18.4 Å². The number of carbonyl (C=O) groups excluding carboxylic acids is 1. The zero-order valence-electron chi connectivity index (χ0n) is 19.7. The second-order valence-electron chi connectivity index (χ2n) is 10.2. The van der Waals surface area contributed by atoms with Gasteiger partial charge >= 0.3 is 6.09 Å². The molecule has 5 rings (SSSR count). The summed E-state index contributed by atoms with van der Waals surface area (Å²) >= 11 is 0. The quantitative estimate of drug-likeness (QED) is 0.602. The van der Waals surface area contributed by atoms with E-state index >= 15 is 0 Å². The molecule has 2 aliphatic rings. The van der Waals surface area contributed by atoms with E-state index < -0.39 is 15.6 Å². The topological polar surface area (TPSA) is 106 Å². The number of amides is 1. The van der Waals surface area contributed by atoms with Crippen LogP contribution in [0.4, 0.5) is 10.6 Å². The third-order valence-corrected chi connectivity index (χ3v) is 8.14. The zero-order chi connectivity index (χ0) is 24.3. The van der Waals surface area contributed by atoms with Crippen LogP contribution in [-0.2, 0) is 14.8 Å². The Hall–Kier alpha value is -3.14. The van der Waals surface area contributed by atoms with Crippen LogP contribution in [-0.4, -0.2) is 57.6 Å². The standard InChI is InChI=1S/C24H29N5O4S/c1-15-5-7-17(8-6-15)34(31,32)29-10-9-18-21(25-14-26-22(18)29)27-19-11-16-12-20(19)28(13-16)23(30)33-24(2,3)4/h5-10,14,16,19-20H,11-13H2,1-4H3,(H,25,26,27)/t16-,19-,20+/m0/s1. The van der Waals surface area contributed by atoms with Crippen molar-refractivity contribution in [2.75, 3.05) is 11.9 Å². The van der Waals surface area contributed by atoms with Crippen LogP contribution in [0.5, 0.6) is 0 Å². The fourth-order valence-corrected chi connectivity index (χ4v) is 6.25. The average Bonchev–Trinajstić information content (AvgIpc) is 3.47. The van der Waals surface area contributed by atoms with E-state index in [0.29, 0.717) is 29.3 Å². The predicted molar refractivity (Wildman–Crippen MR) is 128 cm³/mol. The summed E-state index contributed by atoms with van der Waals surface area (Å²) in [4.78, 5) is 23.4. The van der Waals surface area contributed by atoms with Crippen LogP contribution in [0.15, 0.2) is 47.8 Å². The molecular formula is C24H29N5O4S. The molecule has 0 unspecified atom stereocenters. The number of rotatable bonds is 4. The molecule has 1 saturated heterocycles. The second-order valence-corrected chi connectivity index (χ2v) is 12.0. The van der Waals surface area contributed by atoms with Crippen molar-refractivity contribution in [2.24, 2.45) is 5.92 Å². The highest BCUT2D eigenvalue weighted by molar-refractivity contribution is 7.90. The van der Waals surface area contributed by atoms with E-state index in [4.69, 9.17) is 4.74 Å². The summed E-state index contributed by atoms with van der Waals surface area (Å²) in [6.07, 6.45) is 4.40. The molecule has 3 atom stereocenters. The Balaban J connectivity index is 1.41. The molecule has 2 aromatic heterocycles. The second kappa shape index (κ2) is 7.97. The van der Waals surface area contributed by atoms with Crippen LogP contribution in [0.2, 0.25) is 0 Å². The summed E-state index contributed by atoms with van der Waals surface area (Å²) in [6.45, 7) is 8.19. The number of aromatic nitrogens is 3. The Morgan fingerprint density at radius 2 is 1.85 bits per heavy atom. The molecule has 0 radical (unpaired) electrons. The van der Waals surface area contributed by atoms with E-state index in [1.165, 1.54) is 16.5 Å². The highest BCUT2D eigenvalue weighted by atomic mass is 32.2. The molecule has 2 bridgehead atoms. The van der Waals surface area contributed by atoms with Crippen LogP contribution >= 0.6 is 0 Å². The van der Waals surface area contributed by atoms with Crippen LogP contribution < -0.4 is 5.32 Å². The maximum absolute atomic E-state index is 13.2. The number of nitrogens with one attached hydrogen (secondary N) is 1. The minimum absolute atomic E-state index is 0.00132. The Labute approximate surface area is 199 Å². The maximum atomic E-state index is 13.2. The van der Waals surface area contributed by atoms with Gasteiger partial charge in [-0.3, -0.25) is 0 Å². The van der Waals surface area contributed by atoms with Gasteiger partial charge in [0.25, 0.3) is 10.0 Å². The molecular weight excluding hydrogens is 454 g/mol. The summed E-state index contributed by atoms with van der Waals surface area (Å²) in [5, 5.41) is 4.08. The van der Waals surface area contributed by atoms with Crippen molar-refractivity contribution in [3.05, 3.63) is 48.4 Å². The number of piperidine rings is 1. The molecule has 1 aliphatic carbocycles. The van der Waals surface area contributed by atoms with E-state index in [-0.39, 0.29) is 23.1 Å². The number of aryl methyl sites for hydroxylation is 1.